The van der Waals surface area contributed by atoms with Crippen molar-refractivity contribution in [2.45, 2.75) is 0 Å². The number of ether oxygens (including phenoxy) is 1. The highest BCUT2D eigenvalue weighted by Gasteiger charge is 2.13. The van der Waals surface area contributed by atoms with Gasteiger partial charge in [-0.1, -0.05) is 0 Å². The number of nitrogens with one attached hydrogen (secondary N) is 1. The number of hydrogen-bond donors (Lipinski definition) is 1. The van der Waals surface area contributed by atoms with E-state index >= 15 is 0 Å². The van der Waals surface area contributed by atoms with E-state index in [9.17, 15) is 9.59 Å². The van der Waals surface area contributed by atoms with Crippen LogP contribution in [0.15, 0.2) is 18.5 Å². The van der Waals surface area contributed by atoms with Crippen LogP contribution in [0.25, 0.3) is 11.0 Å². The molecule has 0 spiro atoms. The van der Waals surface area contributed by atoms with Crippen LogP contribution >= 0.6 is 0 Å². The first-order chi connectivity index (χ1) is 7.26. The van der Waals surface area contributed by atoms with Crippen molar-refractivity contribution in [2.24, 2.45) is 0 Å². The van der Waals surface area contributed by atoms with E-state index in [1.807, 2.05) is 0 Å². The minimum Gasteiger partial charge on any atom is -0.465 e. The molecule has 0 unspecified atom stereocenters. The van der Waals surface area contributed by atoms with Gasteiger partial charge in [0, 0.05) is 5.56 Å². The maximum Gasteiger partial charge on any atom is 0.340 e. The molecule has 5 nitrogen and oxygen atoms in total. The van der Waals surface area contributed by atoms with Gasteiger partial charge < -0.3 is 9.72 Å². The molecule has 1 aromatic carbocycles. The van der Waals surface area contributed by atoms with Gasteiger partial charge in [0.25, 0.3) is 0 Å². The minimum absolute atomic E-state index is 0.290. The molecular weight excluding hydrogens is 196 g/mol. The molecular formula is C10H8N2O3. The van der Waals surface area contributed by atoms with E-state index in [-0.39, 0.29) is 0 Å². The number of esters is 1. The zero-order valence-electron chi connectivity index (χ0n) is 7.98. The van der Waals surface area contributed by atoms with Gasteiger partial charge in [0.1, 0.15) is 11.8 Å². The van der Waals surface area contributed by atoms with Crippen LogP contribution in [0.1, 0.15) is 20.7 Å². The highest BCUT2D eigenvalue weighted by atomic mass is 16.5. The van der Waals surface area contributed by atoms with Crippen LogP contribution in [0.2, 0.25) is 0 Å². The molecule has 0 aliphatic carbocycles. The summed E-state index contributed by atoms with van der Waals surface area (Å²) in [5.74, 6) is -0.504. The number of carbonyl (C=O) groups is 2. The average molecular weight is 204 g/mol. The summed E-state index contributed by atoms with van der Waals surface area (Å²) in [5.41, 5.74) is 1.85. The summed E-state index contributed by atoms with van der Waals surface area (Å²) in [5, 5.41) is 0. The van der Waals surface area contributed by atoms with Crippen LogP contribution in [0.3, 0.4) is 0 Å². The average Bonchev–Trinajstić information content (AvgIpc) is 2.74. The van der Waals surface area contributed by atoms with E-state index in [1.54, 1.807) is 6.07 Å². The number of carbonyl (C=O) groups excluding carboxylic acids is 2. The number of aromatic nitrogens is 2. The Morgan fingerprint density at radius 2 is 2.33 bits per heavy atom. The predicted molar refractivity (Wildman–Crippen MR) is 52.8 cm³/mol. The largest absolute Gasteiger partial charge is 0.465 e. The molecule has 1 heterocycles. The third kappa shape index (κ3) is 1.48. The van der Waals surface area contributed by atoms with Gasteiger partial charge >= 0.3 is 5.97 Å². The summed E-state index contributed by atoms with van der Waals surface area (Å²) in [4.78, 5) is 28.9. The highest BCUT2D eigenvalue weighted by molar-refractivity contribution is 6.03. The lowest BCUT2D eigenvalue weighted by Crippen LogP contribution is -2.03. The molecule has 0 aliphatic rings. The third-order valence-electron chi connectivity index (χ3n) is 2.09. The number of H-pyrrole nitrogens is 1. The first kappa shape index (κ1) is 9.39. The van der Waals surface area contributed by atoms with Gasteiger partial charge in [-0.3, -0.25) is 4.79 Å². The normalized spacial score (nSPS) is 10.2. The molecule has 1 N–H and O–H groups in total. The molecule has 15 heavy (non-hydrogen) atoms. The van der Waals surface area contributed by atoms with Gasteiger partial charge in [-0.2, -0.15) is 0 Å². The number of aromatic amines is 1. The maximum absolute atomic E-state index is 11.4. The Hall–Kier alpha value is -2.17. The third-order valence-corrected chi connectivity index (χ3v) is 2.09. The molecule has 0 fully saturated rings. The topological polar surface area (TPSA) is 72.1 Å². The molecule has 2 rings (SSSR count). The summed E-state index contributed by atoms with van der Waals surface area (Å²) in [7, 11) is 1.29. The lowest BCUT2D eigenvalue weighted by Gasteiger charge is -2.01. The van der Waals surface area contributed by atoms with Crippen molar-refractivity contribution in [3.63, 3.8) is 0 Å². The first-order valence-electron chi connectivity index (χ1n) is 4.27. The summed E-state index contributed by atoms with van der Waals surface area (Å²) >= 11 is 0. The minimum atomic E-state index is -0.504. The summed E-state index contributed by atoms with van der Waals surface area (Å²) in [6.45, 7) is 0. The second-order valence-electron chi connectivity index (χ2n) is 2.98. The molecule has 0 aliphatic heterocycles. The van der Waals surface area contributed by atoms with Gasteiger partial charge in [0.05, 0.1) is 24.5 Å². The SMILES string of the molecule is COC(=O)c1cc(C=O)cc2[nH]cnc12. The number of rotatable bonds is 2. The molecule has 0 saturated carbocycles. The fourth-order valence-corrected chi connectivity index (χ4v) is 1.41. The highest BCUT2D eigenvalue weighted by Crippen LogP contribution is 2.17. The predicted octanol–water partition coefficient (Wildman–Crippen LogP) is 1.16. The Bertz CT molecular complexity index is 530. The van der Waals surface area contributed by atoms with E-state index in [1.165, 1.54) is 19.5 Å². The molecule has 0 amide bonds. The Morgan fingerprint density at radius 1 is 1.53 bits per heavy atom. The van der Waals surface area contributed by atoms with Crippen LogP contribution in [0.5, 0.6) is 0 Å². The van der Waals surface area contributed by atoms with Crippen LogP contribution in [-0.4, -0.2) is 29.3 Å². The standard InChI is InChI=1S/C10H8N2O3/c1-15-10(14)7-2-6(4-13)3-8-9(7)12-5-11-8/h2-5H,1H3,(H,11,12). The number of imidazole rings is 1. The van der Waals surface area contributed by atoms with Crippen molar-refractivity contribution < 1.29 is 14.3 Å². The van der Waals surface area contributed by atoms with Crippen molar-refractivity contribution in [3.05, 3.63) is 29.6 Å². The Morgan fingerprint density at radius 3 is 3.00 bits per heavy atom. The first-order valence-corrected chi connectivity index (χ1v) is 4.27. The lowest BCUT2D eigenvalue weighted by molar-refractivity contribution is 0.0603. The number of nitrogens with zero attached hydrogens (tertiary/aromatic N) is 1. The monoisotopic (exact) mass is 204 g/mol. The van der Waals surface area contributed by atoms with Gasteiger partial charge in [0.15, 0.2) is 0 Å². The molecule has 0 atom stereocenters. The quantitative estimate of drug-likeness (QED) is 0.588. The Balaban J connectivity index is 2.73. The second kappa shape index (κ2) is 3.53. The zero-order chi connectivity index (χ0) is 10.8. The van der Waals surface area contributed by atoms with E-state index in [2.05, 4.69) is 14.7 Å². The molecule has 1 aromatic heterocycles. The summed E-state index contributed by atoms with van der Waals surface area (Å²) in [6.07, 6.45) is 2.14. The van der Waals surface area contributed by atoms with Crippen LogP contribution in [-0.2, 0) is 4.74 Å². The van der Waals surface area contributed by atoms with E-state index in [0.29, 0.717) is 28.4 Å². The second-order valence-corrected chi connectivity index (χ2v) is 2.98. The maximum atomic E-state index is 11.4. The molecule has 0 radical (unpaired) electrons. The van der Waals surface area contributed by atoms with Crippen molar-refractivity contribution in [3.8, 4) is 0 Å². The zero-order valence-corrected chi connectivity index (χ0v) is 7.98. The van der Waals surface area contributed by atoms with E-state index < -0.39 is 5.97 Å². The molecule has 5 heteroatoms. The molecule has 0 saturated heterocycles. The van der Waals surface area contributed by atoms with Crippen molar-refractivity contribution >= 4 is 23.3 Å². The van der Waals surface area contributed by atoms with Gasteiger partial charge in [0.2, 0.25) is 0 Å². The summed E-state index contributed by atoms with van der Waals surface area (Å²) in [6, 6.07) is 3.09. The molecule has 76 valence electrons. The number of benzene rings is 1. The molecule has 2 aromatic rings. The van der Waals surface area contributed by atoms with E-state index in [4.69, 9.17) is 0 Å². The smallest absolute Gasteiger partial charge is 0.340 e. The van der Waals surface area contributed by atoms with Crippen LogP contribution in [0.4, 0.5) is 0 Å². The molecule has 0 bridgehead atoms. The fourth-order valence-electron chi connectivity index (χ4n) is 1.41. The Kier molecular flexibility index (Phi) is 2.21. The number of aldehydes is 1. The Labute approximate surface area is 85.1 Å². The van der Waals surface area contributed by atoms with Crippen molar-refractivity contribution in [1.29, 1.82) is 0 Å². The van der Waals surface area contributed by atoms with E-state index in [0.717, 1.165) is 0 Å². The van der Waals surface area contributed by atoms with Crippen molar-refractivity contribution in [1.82, 2.24) is 9.97 Å². The van der Waals surface area contributed by atoms with Crippen molar-refractivity contribution in [2.75, 3.05) is 7.11 Å². The van der Waals surface area contributed by atoms with Crippen LogP contribution in [0, 0.1) is 0 Å². The summed E-state index contributed by atoms with van der Waals surface area (Å²) < 4.78 is 4.60. The number of hydrogen-bond acceptors (Lipinski definition) is 4. The van der Waals surface area contributed by atoms with Crippen LogP contribution < -0.4 is 0 Å². The number of methoxy groups -OCH3 is 1. The van der Waals surface area contributed by atoms with Gasteiger partial charge in [-0.05, 0) is 12.1 Å². The van der Waals surface area contributed by atoms with Gasteiger partial charge in [-0.15, -0.1) is 0 Å². The van der Waals surface area contributed by atoms with Gasteiger partial charge in [-0.25, -0.2) is 9.78 Å². The lowest BCUT2D eigenvalue weighted by atomic mass is 10.1. The fraction of sp³-hybridized carbons (Fsp3) is 0.100. The number of fused-ring (bicyclic) bond motifs is 1.